The van der Waals surface area contributed by atoms with Crippen LogP contribution in [-0.4, -0.2) is 20.8 Å². The number of alkyl halides is 3. The van der Waals surface area contributed by atoms with E-state index < -0.39 is 11.7 Å². The summed E-state index contributed by atoms with van der Waals surface area (Å²) in [5.74, 6) is 1.21. The highest BCUT2D eigenvalue weighted by molar-refractivity contribution is 5.51. The third-order valence-electron chi connectivity index (χ3n) is 4.08. The molecule has 2 rings (SSSR count). The summed E-state index contributed by atoms with van der Waals surface area (Å²) in [6.07, 6.45) is -2.67. The molecule has 0 radical (unpaired) electrons. The quantitative estimate of drug-likeness (QED) is 0.818. The molecular weight excluding hydrogens is 331 g/mol. The van der Waals surface area contributed by atoms with Crippen LogP contribution >= 0.6 is 0 Å². The number of aryl methyl sites for hydroxylation is 1. The summed E-state index contributed by atoms with van der Waals surface area (Å²) in [7, 11) is 3.11. The van der Waals surface area contributed by atoms with Crippen molar-refractivity contribution in [2.45, 2.75) is 25.4 Å². The van der Waals surface area contributed by atoms with Crippen LogP contribution in [0.3, 0.4) is 0 Å². The molecule has 2 N–H and O–H groups in total. The normalized spacial score (nSPS) is 11.4. The second kappa shape index (κ2) is 8.25. The van der Waals surface area contributed by atoms with Crippen molar-refractivity contribution in [3.63, 3.8) is 0 Å². The summed E-state index contributed by atoms with van der Waals surface area (Å²) in [5.41, 5.74) is 7.60. The van der Waals surface area contributed by atoms with Crippen LogP contribution in [0.25, 0.3) is 0 Å². The smallest absolute Gasteiger partial charge is 0.416 e. The van der Waals surface area contributed by atoms with E-state index in [0.29, 0.717) is 42.9 Å². The van der Waals surface area contributed by atoms with Crippen LogP contribution in [0, 0.1) is 0 Å². The van der Waals surface area contributed by atoms with Gasteiger partial charge in [0.25, 0.3) is 0 Å². The fourth-order valence-corrected chi connectivity index (χ4v) is 2.87. The Kier molecular flexibility index (Phi) is 6.31. The Bertz CT molecular complexity index is 714. The number of methoxy groups -OCH3 is 2. The van der Waals surface area contributed by atoms with Crippen molar-refractivity contribution in [1.82, 2.24) is 0 Å². The van der Waals surface area contributed by atoms with Crippen LogP contribution in [0.4, 0.5) is 13.2 Å². The maximum absolute atomic E-state index is 12.9. The lowest BCUT2D eigenvalue weighted by atomic mass is 9.96. The molecule has 2 aromatic rings. The van der Waals surface area contributed by atoms with E-state index in [1.54, 1.807) is 20.3 Å². The third kappa shape index (κ3) is 4.66. The first-order valence-electron chi connectivity index (χ1n) is 7.99. The second-order valence-corrected chi connectivity index (χ2v) is 5.68. The molecule has 0 aliphatic heterocycles. The summed E-state index contributed by atoms with van der Waals surface area (Å²) in [4.78, 5) is 0. The minimum absolute atomic E-state index is 0.463. The first-order valence-corrected chi connectivity index (χ1v) is 7.99. The number of hydrogen-bond donors (Lipinski definition) is 1. The highest BCUT2D eigenvalue weighted by atomic mass is 19.4. The molecule has 0 fully saturated rings. The molecule has 0 unspecified atom stereocenters. The van der Waals surface area contributed by atoms with Crippen LogP contribution in [0.15, 0.2) is 36.4 Å². The fraction of sp³-hybridized carbons (Fsp3) is 0.368. The molecular formula is C19H22F3NO2. The van der Waals surface area contributed by atoms with Crippen LogP contribution in [0.5, 0.6) is 11.5 Å². The van der Waals surface area contributed by atoms with E-state index in [0.717, 1.165) is 17.2 Å². The molecule has 0 atom stereocenters. The summed E-state index contributed by atoms with van der Waals surface area (Å²) in [6, 6.07) is 9.14. The Balaban J connectivity index is 2.30. The van der Waals surface area contributed by atoms with Gasteiger partial charge in [0.05, 0.1) is 19.8 Å². The predicted molar refractivity (Wildman–Crippen MR) is 91.2 cm³/mol. The molecule has 136 valence electrons. The first kappa shape index (κ1) is 19.1. The summed E-state index contributed by atoms with van der Waals surface area (Å²) >= 11 is 0. The maximum atomic E-state index is 12.9. The van der Waals surface area contributed by atoms with E-state index in [4.69, 9.17) is 15.2 Å². The van der Waals surface area contributed by atoms with Crippen LogP contribution < -0.4 is 15.2 Å². The van der Waals surface area contributed by atoms with Crippen LogP contribution in [0.1, 0.15) is 22.3 Å². The van der Waals surface area contributed by atoms with Crippen molar-refractivity contribution in [3.05, 3.63) is 58.7 Å². The highest BCUT2D eigenvalue weighted by Crippen LogP contribution is 2.35. The molecule has 6 heteroatoms. The summed E-state index contributed by atoms with van der Waals surface area (Å²) < 4.78 is 49.4. The molecule has 0 saturated heterocycles. The molecule has 25 heavy (non-hydrogen) atoms. The van der Waals surface area contributed by atoms with Crippen molar-refractivity contribution in [2.75, 3.05) is 20.8 Å². The monoisotopic (exact) mass is 353 g/mol. The van der Waals surface area contributed by atoms with Crippen molar-refractivity contribution in [3.8, 4) is 11.5 Å². The number of hydrogen-bond acceptors (Lipinski definition) is 3. The number of benzene rings is 2. The van der Waals surface area contributed by atoms with Crippen LogP contribution in [-0.2, 0) is 25.4 Å². The topological polar surface area (TPSA) is 44.5 Å². The highest BCUT2D eigenvalue weighted by Gasteiger charge is 2.30. The predicted octanol–water partition coefficient (Wildman–Crippen LogP) is 4.01. The zero-order chi connectivity index (χ0) is 18.4. The van der Waals surface area contributed by atoms with Gasteiger partial charge in [-0.3, -0.25) is 0 Å². The van der Waals surface area contributed by atoms with Gasteiger partial charge >= 0.3 is 6.18 Å². The Labute approximate surface area is 145 Å². The largest absolute Gasteiger partial charge is 0.493 e. The molecule has 0 heterocycles. The van der Waals surface area contributed by atoms with Crippen molar-refractivity contribution in [2.24, 2.45) is 5.73 Å². The minimum atomic E-state index is -4.34. The molecule has 0 spiro atoms. The van der Waals surface area contributed by atoms with E-state index >= 15 is 0 Å². The molecule has 3 nitrogen and oxygen atoms in total. The zero-order valence-corrected chi connectivity index (χ0v) is 14.3. The van der Waals surface area contributed by atoms with Gasteiger partial charge < -0.3 is 15.2 Å². The number of ether oxygens (including phenoxy) is 2. The molecule has 0 aromatic heterocycles. The zero-order valence-electron chi connectivity index (χ0n) is 14.3. The van der Waals surface area contributed by atoms with E-state index in [1.165, 1.54) is 12.1 Å². The Morgan fingerprint density at radius 3 is 2.32 bits per heavy atom. The lowest BCUT2D eigenvalue weighted by molar-refractivity contribution is -0.137. The number of nitrogens with two attached hydrogens (primary N) is 1. The summed E-state index contributed by atoms with van der Waals surface area (Å²) in [6.45, 7) is 0.478. The molecule has 2 aromatic carbocycles. The van der Waals surface area contributed by atoms with Crippen molar-refractivity contribution >= 4 is 0 Å². The molecule has 0 amide bonds. The summed E-state index contributed by atoms with van der Waals surface area (Å²) in [5, 5.41) is 0. The molecule has 0 aliphatic rings. The first-order chi connectivity index (χ1) is 11.9. The van der Waals surface area contributed by atoms with Gasteiger partial charge in [-0.1, -0.05) is 24.3 Å². The Morgan fingerprint density at radius 1 is 0.960 bits per heavy atom. The number of rotatable bonds is 7. The van der Waals surface area contributed by atoms with Gasteiger partial charge in [-0.05, 0) is 49.1 Å². The van der Waals surface area contributed by atoms with Gasteiger partial charge in [0, 0.05) is 5.56 Å². The molecule has 0 bridgehead atoms. The SMILES string of the molecule is COc1ccc(CCN)c(CCc2cccc(C(F)(F)F)c2)c1OC. The fourth-order valence-electron chi connectivity index (χ4n) is 2.87. The Morgan fingerprint density at radius 2 is 1.72 bits per heavy atom. The van der Waals surface area contributed by atoms with Gasteiger partial charge in [0.1, 0.15) is 0 Å². The van der Waals surface area contributed by atoms with E-state index in [2.05, 4.69) is 0 Å². The third-order valence-corrected chi connectivity index (χ3v) is 4.08. The van der Waals surface area contributed by atoms with E-state index in [1.807, 2.05) is 12.1 Å². The van der Waals surface area contributed by atoms with Crippen molar-refractivity contribution in [1.29, 1.82) is 0 Å². The van der Waals surface area contributed by atoms with Gasteiger partial charge in [-0.15, -0.1) is 0 Å². The van der Waals surface area contributed by atoms with Crippen LogP contribution in [0.2, 0.25) is 0 Å². The average Bonchev–Trinajstić information content (AvgIpc) is 2.59. The van der Waals surface area contributed by atoms with E-state index in [-0.39, 0.29) is 0 Å². The molecule has 0 saturated carbocycles. The lowest BCUT2D eigenvalue weighted by Crippen LogP contribution is -2.09. The van der Waals surface area contributed by atoms with Gasteiger partial charge in [0.2, 0.25) is 0 Å². The Hall–Kier alpha value is -2.21. The number of halogens is 3. The minimum Gasteiger partial charge on any atom is -0.493 e. The average molecular weight is 353 g/mol. The lowest BCUT2D eigenvalue weighted by Gasteiger charge is -2.17. The van der Waals surface area contributed by atoms with E-state index in [9.17, 15) is 13.2 Å². The van der Waals surface area contributed by atoms with Gasteiger partial charge in [-0.25, -0.2) is 0 Å². The van der Waals surface area contributed by atoms with Crippen molar-refractivity contribution < 1.29 is 22.6 Å². The van der Waals surface area contributed by atoms with Gasteiger partial charge in [-0.2, -0.15) is 13.2 Å². The maximum Gasteiger partial charge on any atom is 0.416 e. The second-order valence-electron chi connectivity index (χ2n) is 5.68. The molecule has 0 aliphatic carbocycles. The van der Waals surface area contributed by atoms with Gasteiger partial charge in [0.15, 0.2) is 11.5 Å². The standard InChI is InChI=1S/C19H22F3NO2/c1-24-17-9-7-14(10-11-23)16(18(17)25-2)8-6-13-4-3-5-15(12-13)19(20,21)22/h3-5,7,9,12H,6,8,10-11,23H2,1-2H3.